The summed E-state index contributed by atoms with van der Waals surface area (Å²) in [6.07, 6.45) is 1.12. The highest BCUT2D eigenvalue weighted by atomic mass is 32.2. The van der Waals surface area contributed by atoms with Crippen molar-refractivity contribution in [1.82, 2.24) is 0 Å². The number of nitrogens with two attached hydrogens (primary N) is 1. The summed E-state index contributed by atoms with van der Waals surface area (Å²) in [5.74, 6) is 0.841. The molecule has 102 valence electrons. The van der Waals surface area contributed by atoms with Crippen molar-refractivity contribution >= 4 is 17.7 Å². The van der Waals surface area contributed by atoms with Crippen LogP contribution in [0.4, 0.5) is 5.69 Å². The van der Waals surface area contributed by atoms with Gasteiger partial charge in [-0.3, -0.25) is 0 Å². The second-order valence-electron chi connectivity index (χ2n) is 3.84. The second kappa shape index (κ2) is 9.08. The van der Waals surface area contributed by atoms with Gasteiger partial charge in [-0.2, -0.15) is 0 Å². The third kappa shape index (κ3) is 6.14. The summed E-state index contributed by atoms with van der Waals surface area (Å²) in [6, 6.07) is 7.95. The average molecular weight is 270 g/mol. The van der Waals surface area contributed by atoms with E-state index in [1.165, 1.54) is 12.0 Å². The van der Waals surface area contributed by atoms with Gasteiger partial charge in [0, 0.05) is 30.8 Å². The Morgan fingerprint density at radius 1 is 1.33 bits per heavy atom. The number of nitrogens with one attached hydrogen (secondary N) is 1. The monoisotopic (exact) mass is 270 g/mol. The van der Waals surface area contributed by atoms with E-state index in [2.05, 4.69) is 12.2 Å². The van der Waals surface area contributed by atoms with Crippen LogP contribution in [-0.4, -0.2) is 25.1 Å². The Bertz CT molecular complexity index is 319. The van der Waals surface area contributed by atoms with Crippen LogP contribution in [0, 0.1) is 0 Å². The lowest BCUT2D eigenvalue weighted by Gasteiger charge is -2.14. The summed E-state index contributed by atoms with van der Waals surface area (Å²) < 4.78 is 10.9. The first-order valence-electron chi connectivity index (χ1n) is 6.25. The van der Waals surface area contributed by atoms with Gasteiger partial charge < -0.3 is 20.0 Å². The van der Waals surface area contributed by atoms with E-state index in [1.807, 2.05) is 31.2 Å². The van der Waals surface area contributed by atoms with E-state index in [-0.39, 0.29) is 5.44 Å². The summed E-state index contributed by atoms with van der Waals surface area (Å²) in [4.78, 5) is 0. The molecule has 1 atom stereocenters. The van der Waals surface area contributed by atoms with Crippen LogP contribution in [0.25, 0.3) is 0 Å². The predicted octanol–water partition coefficient (Wildman–Crippen LogP) is 2.86. The predicted molar refractivity (Wildman–Crippen MR) is 77.9 cm³/mol. The van der Waals surface area contributed by atoms with Crippen molar-refractivity contribution in [3.05, 3.63) is 24.3 Å². The van der Waals surface area contributed by atoms with Gasteiger partial charge >= 0.3 is 0 Å². The van der Waals surface area contributed by atoms with Crippen LogP contribution in [0.15, 0.2) is 24.3 Å². The smallest absolute Gasteiger partial charge is 0.166 e. The van der Waals surface area contributed by atoms with E-state index in [0.29, 0.717) is 13.2 Å². The molecule has 0 radical (unpaired) electrons. The number of ether oxygens (including phenoxy) is 1. The van der Waals surface area contributed by atoms with Crippen molar-refractivity contribution in [1.29, 1.82) is 0 Å². The lowest BCUT2D eigenvalue weighted by Crippen LogP contribution is -2.11. The van der Waals surface area contributed by atoms with Crippen molar-refractivity contribution in [3.63, 3.8) is 0 Å². The zero-order valence-corrected chi connectivity index (χ0v) is 11.8. The Kier molecular flexibility index (Phi) is 7.64. The van der Waals surface area contributed by atoms with Crippen LogP contribution >= 0.6 is 12.0 Å². The van der Waals surface area contributed by atoms with Gasteiger partial charge in [0.2, 0.25) is 0 Å². The molecule has 1 aromatic rings. The van der Waals surface area contributed by atoms with Gasteiger partial charge in [0.15, 0.2) is 5.44 Å². The fraction of sp³-hybridized carbons (Fsp3) is 0.538. The first-order valence-corrected chi connectivity index (χ1v) is 7.05. The summed E-state index contributed by atoms with van der Waals surface area (Å²) in [6.45, 7) is 6.14. The maximum absolute atomic E-state index is 5.69. The van der Waals surface area contributed by atoms with E-state index < -0.39 is 0 Å². The van der Waals surface area contributed by atoms with Crippen LogP contribution in [0.3, 0.4) is 0 Å². The number of hydrogen-bond donors (Lipinski definition) is 2. The molecule has 0 saturated heterocycles. The van der Waals surface area contributed by atoms with Crippen LogP contribution < -0.4 is 15.8 Å². The Morgan fingerprint density at radius 3 is 2.67 bits per heavy atom. The zero-order valence-electron chi connectivity index (χ0n) is 11.0. The Hall–Kier alpha value is -0.910. The van der Waals surface area contributed by atoms with Crippen LogP contribution in [0.1, 0.15) is 20.3 Å². The highest BCUT2D eigenvalue weighted by Gasteiger charge is 2.05. The highest BCUT2D eigenvalue weighted by Crippen LogP contribution is 2.21. The minimum Gasteiger partial charge on any atom is -0.478 e. The van der Waals surface area contributed by atoms with Crippen LogP contribution in [-0.2, 0) is 4.18 Å². The molecule has 1 aromatic carbocycles. The van der Waals surface area contributed by atoms with Crippen LogP contribution in [0.2, 0.25) is 0 Å². The van der Waals surface area contributed by atoms with E-state index >= 15 is 0 Å². The Morgan fingerprint density at radius 2 is 2.06 bits per heavy atom. The molecule has 0 spiro atoms. The van der Waals surface area contributed by atoms with Crippen molar-refractivity contribution in [2.75, 3.05) is 25.0 Å². The SMILES string of the molecule is CCCNc1ccc(OC(C)SOCCN)cc1. The van der Waals surface area contributed by atoms with Crippen molar-refractivity contribution < 1.29 is 8.92 Å². The van der Waals surface area contributed by atoms with Gasteiger partial charge in [-0.1, -0.05) is 6.92 Å². The molecule has 5 heteroatoms. The summed E-state index contributed by atoms with van der Waals surface area (Å²) in [5, 5.41) is 3.32. The second-order valence-corrected chi connectivity index (χ2v) is 4.94. The quantitative estimate of drug-likeness (QED) is 0.410. The van der Waals surface area contributed by atoms with Crippen molar-refractivity contribution in [3.8, 4) is 5.75 Å². The number of anilines is 1. The molecule has 4 nitrogen and oxygen atoms in total. The van der Waals surface area contributed by atoms with Gasteiger partial charge in [0.05, 0.1) is 6.61 Å². The topological polar surface area (TPSA) is 56.5 Å². The number of hydrogen-bond acceptors (Lipinski definition) is 5. The lowest BCUT2D eigenvalue weighted by molar-refractivity contribution is 0.284. The molecular weight excluding hydrogens is 248 g/mol. The standard InChI is InChI=1S/C13H22N2O2S/c1-3-9-15-12-4-6-13(7-5-12)17-11(2)18-16-10-8-14/h4-7,11,15H,3,8-10,14H2,1-2H3. The van der Waals surface area contributed by atoms with E-state index in [1.54, 1.807) is 0 Å². The van der Waals surface area contributed by atoms with Gasteiger partial charge in [-0.15, -0.1) is 0 Å². The first kappa shape index (κ1) is 15.1. The largest absolute Gasteiger partial charge is 0.478 e. The summed E-state index contributed by atoms with van der Waals surface area (Å²) in [5.41, 5.74) is 6.40. The normalized spacial score (nSPS) is 12.2. The van der Waals surface area contributed by atoms with E-state index in [4.69, 9.17) is 14.7 Å². The molecule has 1 rings (SSSR count). The third-order valence-corrected chi connectivity index (χ3v) is 2.81. The first-order chi connectivity index (χ1) is 8.76. The van der Waals surface area contributed by atoms with E-state index in [9.17, 15) is 0 Å². The molecule has 3 N–H and O–H groups in total. The molecule has 0 bridgehead atoms. The third-order valence-electron chi connectivity index (χ3n) is 2.14. The fourth-order valence-electron chi connectivity index (χ4n) is 1.32. The molecule has 0 saturated carbocycles. The molecule has 1 unspecified atom stereocenters. The van der Waals surface area contributed by atoms with Gasteiger partial charge in [0.1, 0.15) is 5.75 Å². The average Bonchev–Trinajstić information content (AvgIpc) is 2.38. The van der Waals surface area contributed by atoms with Gasteiger partial charge in [-0.25, -0.2) is 0 Å². The lowest BCUT2D eigenvalue weighted by atomic mass is 10.3. The highest BCUT2D eigenvalue weighted by molar-refractivity contribution is 7.95. The summed E-state index contributed by atoms with van der Waals surface area (Å²) in [7, 11) is 0. The van der Waals surface area contributed by atoms with Crippen LogP contribution in [0.5, 0.6) is 5.75 Å². The minimum atomic E-state index is -0.0500. The maximum Gasteiger partial charge on any atom is 0.166 e. The Balaban J connectivity index is 2.33. The molecule has 0 amide bonds. The van der Waals surface area contributed by atoms with Gasteiger partial charge in [0.25, 0.3) is 0 Å². The Labute approximate surface area is 113 Å². The van der Waals surface area contributed by atoms with Crippen molar-refractivity contribution in [2.24, 2.45) is 5.73 Å². The maximum atomic E-state index is 5.69. The molecule has 0 aliphatic heterocycles. The molecule has 0 aliphatic carbocycles. The molecular formula is C13H22N2O2S. The van der Waals surface area contributed by atoms with E-state index in [0.717, 1.165) is 24.4 Å². The fourth-order valence-corrected chi connectivity index (χ4v) is 1.86. The zero-order chi connectivity index (χ0) is 13.2. The summed E-state index contributed by atoms with van der Waals surface area (Å²) >= 11 is 1.30. The molecule has 0 aliphatic rings. The minimum absolute atomic E-state index is 0.0500. The molecule has 0 fully saturated rings. The molecule has 0 heterocycles. The molecule has 18 heavy (non-hydrogen) atoms. The van der Waals surface area contributed by atoms with Crippen molar-refractivity contribution in [2.45, 2.75) is 25.7 Å². The number of rotatable bonds is 9. The molecule has 0 aromatic heterocycles. The number of benzene rings is 1. The van der Waals surface area contributed by atoms with Gasteiger partial charge in [-0.05, 0) is 37.6 Å².